The molecule has 1 heterocycles. The number of carbonyl (C=O) groups is 1. The van der Waals surface area contributed by atoms with Gasteiger partial charge in [-0.2, -0.15) is 0 Å². The van der Waals surface area contributed by atoms with Gasteiger partial charge in [0.15, 0.2) is 5.78 Å². The van der Waals surface area contributed by atoms with Crippen molar-refractivity contribution in [2.45, 2.75) is 19.4 Å². The Morgan fingerprint density at radius 2 is 1.89 bits per heavy atom. The van der Waals surface area contributed by atoms with E-state index < -0.39 is 0 Å². The van der Waals surface area contributed by atoms with E-state index >= 15 is 0 Å². The SMILES string of the molecule is CC1=C(Cl)C(=O)C[C@H](c2ccc3ccccc3c2)O1. The Hall–Kier alpha value is -1.80. The molecule has 2 aromatic carbocycles. The van der Waals surface area contributed by atoms with Crippen LogP contribution in [0, 0.1) is 0 Å². The van der Waals surface area contributed by atoms with Gasteiger partial charge in [0.2, 0.25) is 0 Å². The molecule has 0 spiro atoms. The van der Waals surface area contributed by atoms with E-state index in [1.807, 2.05) is 24.3 Å². The molecule has 96 valence electrons. The van der Waals surface area contributed by atoms with Gasteiger partial charge in [-0.25, -0.2) is 0 Å². The van der Waals surface area contributed by atoms with Gasteiger partial charge in [-0.15, -0.1) is 0 Å². The number of halogens is 1. The van der Waals surface area contributed by atoms with Crippen LogP contribution in [0.3, 0.4) is 0 Å². The molecular formula is C16H13ClO2. The predicted octanol–water partition coefficient (Wildman–Crippen LogP) is 4.34. The normalized spacial score (nSPS) is 19.7. The Morgan fingerprint density at radius 1 is 1.16 bits per heavy atom. The van der Waals surface area contributed by atoms with Crippen molar-refractivity contribution < 1.29 is 9.53 Å². The minimum atomic E-state index is -0.236. The highest BCUT2D eigenvalue weighted by Gasteiger charge is 2.27. The lowest BCUT2D eigenvalue weighted by Crippen LogP contribution is -2.17. The molecule has 3 heteroatoms. The van der Waals surface area contributed by atoms with Gasteiger partial charge < -0.3 is 4.74 Å². The average molecular weight is 273 g/mol. The van der Waals surface area contributed by atoms with Crippen molar-refractivity contribution >= 4 is 28.2 Å². The maximum absolute atomic E-state index is 11.8. The van der Waals surface area contributed by atoms with E-state index in [1.165, 1.54) is 5.39 Å². The third-order valence-corrected chi connectivity index (χ3v) is 3.87. The second kappa shape index (κ2) is 4.71. The van der Waals surface area contributed by atoms with Crippen molar-refractivity contribution in [1.29, 1.82) is 0 Å². The van der Waals surface area contributed by atoms with Gasteiger partial charge in [0, 0.05) is 0 Å². The van der Waals surface area contributed by atoms with Crippen LogP contribution < -0.4 is 0 Å². The van der Waals surface area contributed by atoms with Crippen molar-refractivity contribution in [2.75, 3.05) is 0 Å². The lowest BCUT2D eigenvalue weighted by Gasteiger charge is -2.24. The Balaban J connectivity index is 1.99. The summed E-state index contributed by atoms with van der Waals surface area (Å²) in [5.41, 5.74) is 1.01. The number of hydrogen-bond acceptors (Lipinski definition) is 2. The first-order valence-electron chi connectivity index (χ1n) is 6.20. The first-order valence-corrected chi connectivity index (χ1v) is 6.58. The molecular weight excluding hydrogens is 260 g/mol. The minimum Gasteiger partial charge on any atom is -0.488 e. The zero-order valence-electron chi connectivity index (χ0n) is 10.5. The standard InChI is InChI=1S/C16H13ClO2/c1-10-16(17)14(18)9-15(19-10)13-7-6-11-4-2-3-5-12(11)8-13/h2-8,15H,9H2,1H3/t15-/m1/s1. The summed E-state index contributed by atoms with van der Waals surface area (Å²) < 4.78 is 5.73. The number of Topliss-reactive ketones (excluding diaryl/α,β-unsaturated/α-hetero) is 1. The van der Waals surface area contributed by atoms with Crippen LogP contribution in [0.15, 0.2) is 53.3 Å². The first kappa shape index (κ1) is 12.2. The van der Waals surface area contributed by atoms with Gasteiger partial charge in [0.05, 0.1) is 6.42 Å². The molecule has 0 amide bonds. The highest BCUT2D eigenvalue weighted by Crippen LogP contribution is 2.34. The second-order valence-corrected chi connectivity index (χ2v) is 5.09. The van der Waals surface area contributed by atoms with E-state index in [1.54, 1.807) is 6.92 Å². The van der Waals surface area contributed by atoms with E-state index in [4.69, 9.17) is 16.3 Å². The minimum absolute atomic E-state index is 0.0522. The van der Waals surface area contributed by atoms with Crippen LogP contribution >= 0.6 is 11.6 Å². The lowest BCUT2D eigenvalue weighted by molar-refractivity contribution is -0.119. The molecule has 0 aromatic heterocycles. The van der Waals surface area contributed by atoms with E-state index in [9.17, 15) is 4.79 Å². The number of ether oxygens (including phenoxy) is 1. The summed E-state index contributed by atoms with van der Waals surface area (Å²) in [5, 5.41) is 2.55. The fraction of sp³-hybridized carbons (Fsp3) is 0.188. The zero-order valence-corrected chi connectivity index (χ0v) is 11.3. The zero-order chi connectivity index (χ0) is 13.4. The van der Waals surface area contributed by atoms with Gasteiger partial charge in [-0.05, 0) is 29.3 Å². The number of carbonyl (C=O) groups excluding carboxylic acids is 1. The Bertz CT molecular complexity index is 688. The lowest BCUT2D eigenvalue weighted by atomic mass is 9.98. The van der Waals surface area contributed by atoms with Crippen LogP contribution in [-0.4, -0.2) is 5.78 Å². The highest BCUT2D eigenvalue weighted by atomic mass is 35.5. The maximum atomic E-state index is 11.8. The summed E-state index contributed by atoms with van der Waals surface area (Å²) in [6.07, 6.45) is 0.0636. The Labute approximate surface area is 116 Å². The van der Waals surface area contributed by atoms with Gasteiger partial charge in [0.25, 0.3) is 0 Å². The number of benzene rings is 2. The molecule has 2 nitrogen and oxygen atoms in total. The maximum Gasteiger partial charge on any atom is 0.181 e. The van der Waals surface area contributed by atoms with Gasteiger partial charge in [-0.3, -0.25) is 4.79 Å². The molecule has 2 aromatic rings. The largest absolute Gasteiger partial charge is 0.488 e. The number of fused-ring (bicyclic) bond motifs is 1. The summed E-state index contributed by atoms with van der Waals surface area (Å²) in [6.45, 7) is 1.73. The molecule has 0 N–H and O–H groups in total. The van der Waals surface area contributed by atoms with Gasteiger partial charge in [-0.1, -0.05) is 48.0 Å². The topological polar surface area (TPSA) is 26.3 Å². The predicted molar refractivity (Wildman–Crippen MR) is 76.0 cm³/mol. The molecule has 0 bridgehead atoms. The van der Waals surface area contributed by atoms with Crippen LogP contribution in [0.5, 0.6) is 0 Å². The first-order chi connectivity index (χ1) is 9.15. The van der Waals surface area contributed by atoms with Gasteiger partial charge in [0.1, 0.15) is 16.9 Å². The van der Waals surface area contributed by atoms with Gasteiger partial charge >= 0.3 is 0 Å². The van der Waals surface area contributed by atoms with E-state index in [0.29, 0.717) is 12.2 Å². The quantitative estimate of drug-likeness (QED) is 0.772. The van der Waals surface area contributed by atoms with Crippen molar-refractivity contribution in [3.63, 3.8) is 0 Å². The molecule has 1 aliphatic heterocycles. The van der Waals surface area contributed by atoms with Crippen LogP contribution in [0.2, 0.25) is 0 Å². The summed E-state index contributed by atoms with van der Waals surface area (Å²) in [7, 11) is 0. The van der Waals surface area contributed by atoms with Crippen molar-refractivity contribution in [3.05, 3.63) is 58.8 Å². The van der Waals surface area contributed by atoms with Crippen LogP contribution in [-0.2, 0) is 9.53 Å². The molecule has 1 atom stereocenters. The summed E-state index contributed by atoms with van der Waals surface area (Å²) in [6, 6.07) is 14.3. The fourth-order valence-electron chi connectivity index (χ4n) is 2.36. The van der Waals surface area contributed by atoms with Crippen LogP contribution in [0.25, 0.3) is 10.8 Å². The fourth-order valence-corrected chi connectivity index (χ4v) is 2.48. The number of rotatable bonds is 1. The Kier molecular flexibility index (Phi) is 3.03. The van der Waals surface area contributed by atoms with E-state index in [-0.39, 0.29) is 16.9 Å². The smallest absolute Gasteiger partial charge is 0.181 e. The van der Waals surface area contributed by atoms with Crippen molar-refractivity contribution in [3.8, 4) is 0 Å². The third kappa shape index (κ3) is 2.24. The highest BCUT2D eigenvalue weighted by molar-refractivity contribution is 6.42. The van der Waals surface area contributed by atoms with Crippen LogP contribution in [0.1, 0.15) is 25.0 Å². The molecule has 0 unspecified atom stereocenters. The summed E-state index contributed by atoms with van der Waals surface area (Å²) in [5.74, 6) is 0.458. The number of ketones is 1. The molecule has 3 rings (SSSR count). The monoisotopic (exact) mass is 272 g/mol. The van der Waals surface area contributed by atoms with Crippen molar-refractivity contribution in [1.82, 2.24) is 0 Å². The molecule has 0 saturated heterocycles. The third-order valence-electron chi connectivity index (χ3n) is 3.39. The molecule has 0 radical (unpaired) electrons. The number of allylic oxidation sites excluding steroid dienone is 2. The van der Waals surface area contributed by atoms with E-state index in [0.717, 1.165) is 10.9 Å². The molecule has 0 saturated carbocycles. The molecule has 0 fully saturated rings. The summed E-state index contributed by atoms with van der Waals surface area (Å²) in [4.78, 5) is 11.8. The Morgan fingerprint density at radius 3 is 2.63 bits per heavy atom. The average Bonchev–Trinajstić information content (AvgIpc) is 2.43. The second-order valence-electron chi connectivity index (χ2n) is 4.71. The molecule has 0 aliphatic carbocycles. The summed E-state index contributed by atoms with van der Waals surface area (Å²) >= 11 is 5.87. The van der Waals surface area contributed by atoms with Crippen molar-refractivity contribution in [2.24, 2.45) is 0 Å². The number of hydrogen-bond donors (Lipinski definition) is 0. The van der Waals surface area contributed by atoms with E-state index in [2.05, 4.69) is 18.2 Å². The molecule has 19 heavy (non-hydrogen) atoms. The molecule has 1 aliphatic rings. The van der Waals surface area contributed by atoms with Crippen LogP contribution in [0.4, 0.5) is 0 Å².